The second-order valence-corrected chi connectivity index (χ2v) is 5.23. The van der Waals surface area contributed by atoms with Gasteiger partial charge in [0.25, 0.3) is 0 Å². The van der Waals surface area contributed by atoms with Gasteiger partial charge in [-0.25, -0.2) is 0 Å². The molecule has 126 valence electrons. The van der Waals surface area contributed by atoms with E-state index in [2.05, 4.69) is 0 Å². The lowest BCUT2D eigenvalue weighted by molar-refractivity contribution is 0.0496. The zero-order valence-electron chi connectivity index (χ0n) is 13.9. The summed E-state index contributed by atoms with van der Waals surface area (Å²) in [5.74, 6) is -0.0114. The second kappa shape index (κ2) is 8.38. The Labute approximate surface area is 141 Å². The van der Waals surface area contributed by atoms with Crippen LogP contribution in [-0.2, 0) is 9.47 Å². The molecular weight excluding hydrogens is 308 g/mol. The van der Waals surface area contributed by atoms with E-state index < -0.39 is 0 Å². The van der Waals surface area contributed by atoms with Gasteiger partial charge in [-0.05, 0) is 24.6 Å². The molecule has 0 amide bonds. The Morgan fingerprint density at radius 1 is 1.17 bits per heavy atom. The third-order valence-electron chi connectivity index (χ3n) is 3.69. The number of rotatable bonds is 8. The smallest absolute Gasteiger partial charge is 0.196 e. The fraction of sp³-hybridized carbons (Fsp3) is 0.263. The summed E-state index contributed by atoms with van der Waals surface area (Å²) in [5, 5.41) is 0. The molecule has 5 heteroatoms. The monoisotopic (exact) mass is 328 g/mol. The highest BCUT2D eigenvalue weighted by atomic mass is 16.7. The van der Waals surface area contributed by atoms with Crippen LogP contribution < -0.4 is 4.74 Å². The van der Waals surface area contributed by atoms with Crippen LogP contribution in [0.15, 0.2) is 42.5 Å². The zero-order valence-corrected chi connectivity index (χ0v) is 13.9. The molecule has 0 N–H and O–H groups in total. The van der Waals surface area contributed by atoms with E-state index in [-0.39, 0.29) is 30.0 Å². The van der Waals surface area contributed by atoms with E-state index in [0.717, 1.165) is 5.56 Å². The van der Waals surface area contributed by atoms with Crippen molar-refractivity contribution in [3.05, 3.63) is 64.7 Å². The van der Waals surface area contributed by atoms with Gasteiger partial charge in [0.05, 0.1) is 17.2 Å². The lowest BCUT2D eigenvalue weighted by Gasteiger charge is -2.17. The molecule has 0 fully saturated rings. The summed E-state index contributed by atoms with van der Waals surface area (Å²) in [4.78, 5) is 24.4. The molecular formula is C19H20O5. The number of carbonyl (C=O) groups is 2. The minimum Gasteiger partial charge on any atom is -0.466 e. The molecule has 0 aliphatic rings. The van der Waals surface area contributed by atoms with E-state index in [0.29, 0.717) is 17.4 Å². The van der Waals surface area contributed by atoms with Crippen molar-refractivity contribution in [3.63, 3.8) is 0 Å². The van der Waals surface area contributed by atoms with Crippen molar-refractivity contribution in [1.29, 1.82) is 0 Å². The van der Waals surface area contributed by atoms with Crippen molar-refractivity contribution in [2.45, 2.75) is 13.0 Å². The fourth-order valence-corrected chi connectivity index (χ4v) is 2.33. The normalized spacial score (nSPS) is 11.8. The van der Waals surface area contributed by atoms with Crippen LogP contribution in [0.25, 0.3) is 0 Å². The topological polar surface area (TPSA) is 61.8 Å². The zero-order chi connectivity index (χ0) is 17.5. The van der Waals surface area contributed by atoms with Gasteiger partial charge in [-0.2, -0.15) is 0 Å². The average molecular weight is 328 g/mol. The number of ketones is 1. The Morgan fingerprint density at radius 2 is 1.88 bits per heavy atom. The SMILES string of the molecule is COCOc1c(C=O)cc(C(C)OC)cc1C(=O)c1ccccc1. The molecule has 0 saturated carbocycles. The molecule has 0 aliphatic heterocycles. The fourth-order valence-electron chi connectivity index (χ4n) is 2.33. The number of carbonyl (C=O) groups excluding carboxylic acids is 2. The maximum Gasteiger partial charge on any atom is 0.196 e. The van der Waals surface area contributed by atoms with Crippen molar-refractivity contribution in [3.8, 4) is 5.75 Å². The van der Waals surface area contributed by atoms with Gasteiger partial charge >= 0.3 is 0 Å². The number of hydrogen-bond donors (Lipinski definition) is 0. The molecule has 0 aliphatic carbocycles. The lowest BCUT2D eigenvalue weighted by Crippen LogP contribution is -2.11. The molecule has 1 atom stereocenters. The molecule has 1 unspecified atom stereocenters. The van der Waals surface area contributed by atoms with Gasteiger partial charge in [0.2, 0.25) is 0 Å². The van der Waals surface area contributed by atoms with Gasteiger partial charge < -0.3 is 14.2 Å². The standard InChI is InChI=1S/C19H20O5/c1-13(23-3)15-9-16(11-20)19(24-12-22-2)17(10-15)18(21)14-7-5-4-6-8-14/h4-11,13H,12H2,1-3H3. The van der Waals surface area contributed by atoms with Crippen molar-refractivity contribution >= 4 is 12.1 Å². The lowest BCUT2D eigenvalue weighted by atomic mass is 9.96. The molecule has 24 heavy (non-hydrogen) atoms. The predicted octanol–water partition coefficient (Wildman–Crippen LogP) is 3.42. The number of aldehydes is 1. The Kier molecular flexibility index (Phi) is 6.23. The minimum absolute atomic E-state index is 0.0604. The predicted molar refractivity (Wildman–Crippen MR) is 89.6 cm³/mol. The highest BCUT2D eigenvalue weighted by molar-refractivity contribution is 6.12. The van der Waals surface area contributed by atoms with Crippen LogP contribution in [0.2, 0.25) is 0 Å². The third kappa shape index (κ3) is 3.88. The Bertz CT molecular complexity index is 709. The summed E-state index contributed by atoms with van der Waals surface area (Å²) in [6.07, 6.45) is 0.404. The highest BCUT2D eigenvalue weighted by Crippen LogP contribution is 2.30. The van der Waals surface area contributed by atoms with Crippen LogP contribution in [-0.4, -0.2) is 33.1 Å². The van der Waals surface area contributed by atoms with Crippen LogP contribution in [0.5, 0.6) is 5.75 Å². The molecule has 0 radical (unpaired) electrons. The van der Waals surface area contributed by atoms with Gasteiger partial charge in [-0.1, -0.05) is 30.3 Å². The van der Waals surface area contributed by atoms with Gasteiger partial charge in [-0.15, -0.1) is 0 Å². The molecule has 0 spiro atoms. The number of benzene rings is 2. The number of hydrogen-bond acceptors (Lipinski definition) is 5. The van der Waals surface area contributed by atoms with Crippen molar-refractivity contribution < 1.29 is 23.8 Å². The maximum atomic E-state index is 12.9. The second-order valence-electron chi connectivity index (χ2n) is 5.23. The summed E-state index contributed by atoms with van der Waals surface area (Å²) in [7, 11) is 3.04. The minimum atomic E-state index is -0.262. The largest absolute Gasteiger partial charge is 0.466 e. The molecule has 0 aromatic heterocycles. The Hall–Kier alpha value is -2.50. The molecule has 5 nitrogen and oxygen atoms in total. The van der Waals surface area contributed by atoms with Crippen molar-refractivity contribution in [2.75, 3.05) is 21.0 Å². The van der Waals surface area contributed by atoms with Crippen LogP contribution in [0.1, 0.15) is 44.9 Å². The summed E-state index contributed by atoms with van der Waals surface area (Å²) in [5.41, 5.74) is 1.83. The van der Waals surface area contributed by atoms with E-state index >= 15 is 0 Å². The van der Waals surface area contributed by atoms with E-state index in [1.165, 1.54) is 7.11 Å². The number of ether oxygens (including phenoxy) is 3. The van der Waals surface area contributed by atoms with Gasteiger partial charge in [0, 0.05) is 19.8 Å². The first-order valence-electron chi connectivity index (χ1n) is 7.49. The molecule has 2 aromatic rings. The van der Waals surface area contributed by atoms with Gasteiger partial charge in [-0.3, -0.25) is 9.59 Å². The van der Waals surface area contributed by atoms with Gasteiger partial charge in [0.1, 0.15) is 5.75 Å². The highest BCUT2D eigenvalue weighted by Gasteiger charge is 2.21. The van der Waals surface area contributed by atoms with E-state index in [1.807, 2.05) is 13.0 Å². The van der Waals surface area contributed by atoms with Crippen molar-refractivity contribution in [2.24, 2.45) is 0 Å². The van der Waals surface area contributed by atoms with E-state index in [4.69, 9.17) is 14.2 Å². The molecule has 2 aromatic carbocycles. The molecule has 2 rings (SSSR count). The Morgan fingerprint density at radius 3 is 2.46 bits per heavy atom. The Balaban J connectivity index is 2.60. The van der Waals surface area contributed by atoms with Crippen LogP contribution in [0, 0.1) is 0 Å². The van der Waals surface area contributed by atoms with Crippen molar-refractivity contribution in [1.82, 2.24) is 0 Å². The third-order valence-corrected chi connectivity index (χ3v) is 3.69. The maximum absolute atomic E-state index is 12.9. The summed E-state index contributed by atoms with van der Waals surface area (Å²) < 4.78 is 15.7. The van der Waals surface area contributed by atoms with Gasteiger partial charge in [0.15, 0.2) is 18.9 Å². The van der Waals surface area contributed by atoms with Crippen LogP contribution >= 0.6 is 0 Å². The first-order valence-corrected chi connectivity index (χ1v) is 7.49. The molecule has 0 bridgehead atoms. The van der Waals surface area contributed by atoms with E-state index in [9.17, 15) is 9.59 Å². The average Bonchev–Trinajstić information content (AvgIpc) is 2.65. The number of methoxy groups -OCH3 is 2. The van der Waals surface area contributed by atoms with E-state index in [1.54, 1.807) is 43.5 Å². The first-order chi connectivity index (χ1) is 11.6. The molecule has 0 saturated heterocycles. The van der Waals surface area contributed by atoms with Crippen LogP contribution in [0.3, 0.4) is 0 Å². The summed E-state index contributed by atoms with van der Waals surface area (Å²) in [6, 6.07) is 12.2. The molecule has 0 heterocycles. The quantitative estimate of drug-likeness (QED) is 0.422. The summed E-state index contributed by atoms with van der Waals surface area (Å²) in [6.45, 7) is 1.78. The first kappa shape index (κ1) is 17.8. The summed E-state index contributed by atoms with van der Waals surface area (Å²) >= 11 is 0. The van der Waals surface area contributed by atoms with Crippen LogP contribution in [0.4, 0.5) is 0 Å².